The Morgan fingerprint density at radius 3 is 2.62 bits per heavy atom. The number of hydrogen-bond donors (Lipinski definition) is 3. The lowest BCUT2D eigenvalue weighted by Crippen LogP contribution is -2.47. The first-order valence-corrected chi connectivity index (χ1v) is 8.92. The summed E-state index contributed by atoms with van der Waals surface area (Å²) in [6, 6.07) is 0.385. The van der Waals surface area contributed by atoms with Gasteiger partial charge in [0.25, 0.3) is 0 Å². The molecule has 3 amide bonds. The summed E-state index contributed by atoms with van der Waals surface area (Å²) in [5.74, 6) is 0.521. The summed E-state index contributed by atoms with van der Waals surface area (Å²) in [7, 11) is 1.72. The van der Waals surface area contributed by atoms with E-state index in [1.165, 1.54) is 37.1 Å². The number of aliphatic imine (C=N–C) groups is 1. The van der Waals surface area contributed by atoms with Crippen LogP contribution in [0.3, 0.4) is 0 Å². The maximum absolute atomic E-state index is 11.5. The van der Waals surface area contributed by atoms with Crippen LogP contribution in [0.5, 0.6) is 0 Å². The van der Waals surface area contributed by atoms with Gasteiger partial charge in [-0.2, -0.15) is 0 Å². The molecular formula is C16H30N6O2. The summed E-state index contributed by atoms with van der Waals surface area (Å²) >= 11 is 0. The first-order chi connectivity index (χ1) is 11.7. The third kappa shape index (κ3) is 5.09. The summed E-state index contributed by atoms with van der Waals surface area (Å²) in [6.45, 7) is 6.20. The van der Waals surface area contributed by atoms with Gasteiger partial charge in [-0.15, -0.1) is 0 Å². The Kier molecular flexibility index (Phi) is 7.30. The fourth-order valence-corrected chi connectivity index (χ4v) is 3.32. The lowest BCUT2D eigenvalue weighted by atomic mass is 10.0. The Morgan fingerprint density at radius 2 is 2.00 bits per heavy atom. The molecule has 2 heterocycles. The number of likely N-dealkylation sites (tertiary alicyclic amines) is 1. The van der Waals surface area contributed by atoms with Crippen LogP contribution >= 0.6 is 0 Å². The normalized spacial score (nSPS) is 22.7. The zero-order chi connectivity index (χ0) is 17.4. The number of piperidine rings is 1. The monoisotopic (exact) mass is 338 g/mol. The zero-order valence-electron chi connectivity index (χ0n) is 14.8. The Hall–Kier alpha value is -1.83. The molecule has 0 spiro atoms. The van der Waals surface area contributed by atoms with Gasteiger partial charge in [-0.05, 0) is 25.8 Å². The molecule has 1 atom stereocenters. The van der Waals surface area contributed by atoms with E-state index in [9.17, 15) is 9.59 Å². The molecule has 8 heteroatoms. The van der Waals surface area contributed by atoms with E-state index in [-0.39, 0.29) is 18.5 Å². The third-order valence-electron chi connectivity index (χ3n) is 4.70. The van der Waals surface area contributed by atoms with Crippen LogP contribution in [-0.4, -0.2) is 80.1 Å². The topological polar surface area (TPSA) is 89.1 Å². The summed E-state index contributed by atoms with van der Waals surface area (Å²) < 4.78 is 0. The minimum absolute atomic E-state index is 0.0975. The van der Waals surface area contributed by atoms with Crippen LogP contribution < -0.4 is 16.0 Å². The maximum atomic E-state index is 11.5. The molecule has 0 aromatic heterocycles. The quantitative estimate of drug-likeness (QED) is 0.345. The van der Waals surface area contributed by atoms with Crippen LogP contribution in [0.1, 0.15) is 32.6 Å². The fourth-order valence-electron chi connectivity index (χ4n) is 3.32. The van der Waals surface area contributed by atoms with E-state index in [0.717, 1.165) is 13.1 Å². The second-order valence-corrected chi connectivity index (χ2v) is 6.22. The summed E-state index contributed by atoms with van der Waals surface area (Å²) in [6.07, 6.45) is 5.14. The second kappa shape index (κ2) is 9.46. The Balaban J connectivity index is 1.65. The van der Waals surface area contributed by atoms with Gasteiger partial charge in [-0.1, -0.05) is 13.3 Å². The van der Waals surface area contributed by atoms with Crippen molar-refractivity contribution in [1.82, 2.24) is 25.8 Å². The Morgan fingerprint density at radius 1 is 1.25 bits per heavy atom. The number of nitrogens with zero attached hydrogens (tertiary/aromatic N) is 3. The molecule has 0 aromatic carbocycles. The van der Waals surface area contributed by atoms with Gasteiger partial charge in [0.1, 0.15) is 0 Å². The largest absolute Gasteiger partial charge is 0.355 e. The maximum Gasteiger partial charge on any atom is 0.324 e. The van der Waals surface area contributed by atoms with E-state index in [0.29, 0.717) is 25.1 Å². The molecular weight excluding hydrogens is 308 g/mol. The highest BCUT2D eigenvalue weighted by Gasteiger charge is 2.27. The highest BCUT2D eigenvalue weighted by Crippen LogP contribution is 2.18. The predicted octanol–water partition coefficient (Wildman–Crippen LogP) is -0.0323. The van der Waals surface area contributed by atoms with Crippen molar-refractivity contribution in [2.24, 2.45) is 4.99 Å². The number of amides is 3. The fraction of sp³-hybridized carbons (Fsp3) is 0.812. The first kappa shape index (κ1) is 18.5. The van der Waals surface area contributed by atoms with Gasteiger partial charge in [-0.25, -0.2) is 4.79 Å². The van der Waals surface area contributed by atoms with E-state index >= 15 is 0 Å². The molecule has 2 fully saturated rings. The zero-order valence-corrected chi connectivity index (χ0v) is 14.8. The van der Waals surface area contributed by atoms with Gasteiger partial charge in [0.2, 0.25) is 5.91 Å². The van der Waals surface area contributed by atoms with Crippen LogP contribution in [0, 0.1) is 0 Å². The van der Waals surface area contributed by atoms with Gasteiger partial charge in [0, 0.05) is 39.3 Å². The number of urea groups is 1. The van der Waals surface area contributed by atoms with Gasteiger partial charge in [0.05, 0.1) is 6.54 Å². The molecule has 2 rings (SSSR count). The van der Waals surface area contributed by atoms with Crippen LogP contribution in [0.4, 0.5) is 4.79 Å². The van der Waals surface area contributed by atoms with E-state index < -0.39 is 0 Å². The first-order valence-electron chi connectivity index (χ1n) is 8.92. The van der Waals surface area contributed by atoms with Crippen molar-refractivity contribution in [3.63, 3.8) is 0 Å². The van der Waals surface area contributed by atoms with Crippen molar-refractivity contribution in [3.05, 3.63) is 0 Å². The van der Waals surface area contributed by atoms with E-state index in [2.05, 4.69) is 32.8 Å². The molecule has 24 heavy (non-hydrogen) atoms. The van der Waals surface area contributed by atoms with Crippen molar-refractivity contribution < 1.29 is 9.59 Å². The predicted molar refractivity (Wildman–Crippen MR) is 94.0 cm³/mol. The van der Waals surface area contributed by atoms with Crippen LogP contribution in [0.2, 0.25) is 0 Å². The van der Waals surface area contributed by atoms with Crippen molar-refractivity contribution in [2.45, 2.75) is 38.6 Å². The van der Waals surface area contributed by atoms with Gasteiger partial charge >= 0.3 is 6.03 Å². The number of rotatable bonds is 7. The van der Waals surface area contributed by atoms with E-state index in [1.54, 1.807) is 7.05 Å². The number of hydrogen-bond acceptors (Lipinski definition) is 4. The number of imide groups is 1. The lowest BCUT2D eigenvalue weighted by Gasteiger charge is -2.35. The van der Waals surface area contributed by atoms with Gasteiger partial charge in [-0.3, -0.25) is 19.6 Å². The minimum atomic E-state index is -0.319. The molecule has 0 aliphatic carbocycles. The number of carbonyl (C=O) groups is 2. The number of nitrogens with one attached hydrogen (secondary N) is 3. The molecule has 0 radical (unpaired) electrons. The number of carbonyl (C=O) groups excluding carboxylic acids is 2. The lowest BCUT2D eigenvalue weighted by molar-refractivity contribution is -0.124. The second-order valence-electron chi connectivity index (χ2n) is 6.22. The summed E-state index contributed by atoms with van der Waals surface area (Å²) in [5, 5.41) is 8.96. The molecule has 0 aromatic rings. The molecule has 2 aliphatic heterocycles. The van der Waals surface area contributed by atoms with E-state index in [1.807, 2.05) is 0 Å². The molecule has 8 nitrogen and oxygen atoms in total. The average molecular weight is 338 g/mol. The van der Waals surface area contributed by atoms with E-state index in [4.69, 9.17) is 0 Å². The molecule has 3 N–H and O–H groups in total. The average Bonchev–Trinajstić information content (AvgIpc) is 2.92. The standard InChI is InChI=1S/C16H30N6O2/c1-3-13-6-4-5-9-21(13)10-7-18-15(17-2)19-8-11-22-14(23)12-20-16(22)24/h13H,3-12H2,1-2H3,(H,20,24)(H2,17,18,19). The Bertz CT molecular complexity index is 451. The highest BCUT2D eigenvalue weighted by molar-refractivity contribution is 6.01. The van der Waals surface area contributed by atoms with Crippen molar-refractivity contribution in [1.29, 1.82) is 0 Å². The van der Waals surface area contributed by atoms with Crippen molar-refractivity contribution in [3.8, 4) is 0 Å². The highest BCUT2D eigenvalue weighted by atomic mass is 16.2. The molecule has 1 unspecified atom stereocenters. The minimum Gasteiger partial charge on any atom is -0.355 e. The molecule has 0 saturated carbocycles. The molecule has 0 bridgehead atoms. The van der Waals surface area contributed by atoms with Gasteiger partial charge < -0.3 is 16.0 Å². The van der Waals surface area contributed by atoms with Crippen molar-refractivity contribution >= 4 is 17.9 Å². The third-order valence-corrected chi connectivity index (χ3v) is 4.70. The Labute approximate surface area is 144 Å². The van der Waals surface area contributed by atoms with Crippen LogP contribution in [-0.2, 0) is 4.79 Å². The van der Waals surface area contributed by atoms with Crippen LogP contribution in [0.25, 0.3) is 0 Å². The SMILES string of the molecule is CCC1CCCCN1CCNC(=NC)NCCN1C(=O)CNC1=O. The number of guanidine groups is 1. The molecule has 136 valence electrons. The summed E-state index contributed by atoms with van der Waals surface area (Å²) in [5.41, 5.74) is 0. The smallest absolute Gasteiger partial charge is 0.324 e. The summed E-state index contributed by atoms with van der Waals surface area (Å²) in [4.78, 5) is 30.9. The molecule has 2 aliphatic rings. The van der Waals surface area contributed by atoms with Gasteiger partial charge in [0.15, 0.2) is 5.96 Å². The van der Waals surface area contributed by atoms with Crippen molar-refractivity contribution in [2.75, 3.05) is 46.3 Å². The molecule has 2 saturated heterocycles. The van der Waals surface area contributed by atoms with Crippen LogP contribution in [0.15, 0.2) is 4.99 Å².